The highest BCUT2D eigenvalue weighted by molar-refractivity contribution is 7.85. The molecule has 0 saturated heterocycles. The molecular weight excluding hydrogens is 376 g/mol. The molecule has 0 aliphatic carbocycles. The molecule has 0 atom stereocenters. The molecule has 1 N–H and O–H groups in total. The molecule has 28 heavy (non-hydrogen) atoms. The Balaban J connectivity index is 1.97. The highest BCUT2D eigenvalue weighted by atomic mass is 32.2. The summed E-state index contributed by atoms with van der Waals surface area (Å²) in [5.41, 5.74) is 2.18. The lowest BCUT2D eigenvalue weighted by atomic mass is 10.2. The fourth-order valence-electron chi connectivity index (χ4n) is 3.18. The molecule has 7 heteroatoms. The number of hydrogen-bond acceptors (Lipinski definition) is 5. The van der Waals surface area contributed by atoms with Gasteiger partial charge >= 0.3 is 0 Å². The summed E-state index contributed by atoms with van der Waals surface area (Å²) in [4.78, 5) is 4.47. The molecule has 2 aromatic carbocycles. The highest BCUT2D eigenvalue weighted by Crippen LogP contribution is 2.21. The van der Waals surface area contributed by atoms with Crippen molar-refractivity contribution in [3.05, 3.63) is 54.6 Å². The molecule has 2 rings (SSSR count). The van der Waals surface area contributed by atoms with Gasteiger partial charge in [0.15, 0.2) is 0 Å². The van der Waals surface area contributed by atoms with Crippen LogP contribution in [-0.2, 0) is 10.1 Å². The van der Waals surface area contributed by atoms with Crippen LogP contribution >= 0.6 is 0 Å². The van der Waals surface area contributed by atoms with E-state index in [1.807, 2.05) is 48.5 Å². The van der Waals surface area contributed by atoms with Crippen molar-refractivity contribution in [2.75, 3.05) is 48.8 Å². The van der Waals surface area contributed by atoms with E-state index < -0.39 is 10.1 Å². The van der Waals surface area contributed by atoms with E-state index >= 15 is 0 Å². The van der Waals surface area contributed by atoms with Gasteiger partial charge in [-0.25, -0.2) is 0 Å². The van der Waals surface area contributed by atoms with Gasteiger partial charge in [0.1, 0.15) is 5.75 Å². The van der Waals surface area contributed by atoms with E-state index in [1.165, 1.54) is 0 Å². The summed E-state index contributed by atoms with van der Waals surface area (Å²) in [6, 6.07) is 18.0. The number of methoxy groups -OCH3 is 1. The Labute approximate surface area is 168 Å². The first-order valence-corrected chi connectivity index (χ1v) is 11.2. The number of benzene rings is 2. The summed E-state index contributed by atoms with van der Waals surface area (Å²) in [6.45, 7) is 5.28. The van der Waals surface area contributed by atoms with Gasteiger partial charge in [0.2, 0.25) is 0 Å². The van der Waals surface area contributed by atoms with Crippen LogP contribution in [0, 0.1) is 0 Å². The van der Waals surface area contributed by atoms with Gasteiger partial charge in [-0.1, -0.05) is 24.3 Å². The van der Waals surface area contributed by atoms with Gasteiger partial charge in [-0.3, -0.25) is 4.55 Å². The molecule has 0 unspecified atom stereocenters. The van der Waals surface area contributed by atoms with Gasteiger partial charge in [0, 0.05) is 43.6 Å². The summed E-state index contributed by atoms with van der Waals surface area (Å²) in [5, 5.41) is 0. The molecule has 2 aromatic rings. The molecule has 0 aromatic heterocycles. The van der Waals surface area contributed by atoms with E-state index in [4.69, 9.17) is 9.29 Å². The minimum Gasteiger partial charge on any atom is -0.497 e. The average molecular weight is 407 g/mol. The molecule has 0 aliphatic rings. The zero-order chi connectivity index (χ0) is 20.4. The van der Waals surface area contributed by atoms with Crippen LogP contribution in [0.4, 0.5) is 11.4 Å². The number of para-hydroxylation sites is 1. The van der Waals surface area contributed by atoms with Crippen LogP contribution in [-0.4, -0.2) is 52.0 Å². The van der Waals surface area contributed by atoms with Crippen molar-refractivity contribution in [2.24, 2.45) is 0 Å². The zero-order valence-electron chi connectivity index (χ0n) is 16.6. The maximum absolute atomic E-state index is 11.0. The first kappa shape index (κ1) is 22.0. The second-order valence-electron chi connectivity index (χ2n) is 6.60. The summed E-state index contributed by atoms with van der Waals surface area (Å²) >= 11 is 0. The molecule has 0 saturated carbocycles. The topological polar surface area (TPSA) is 70.1 Å². The summed E-state index contributed by atoms with van der Waals surface area (Å²) in [6.07, 6.45) is 1.31. The Morgan fingerprint density at radius 1 is 0.893 bits per heavy atom. The minimum absolute atomic E-state index is 0.221. The Hall–Kier alpha value is -2.25. The number of hydrogen-bond donors (Lipinski definition) is 1. The van der Waals surface area contributed by atoms with Gasteiger partial charge in [-0.15, -0.1) is 0 Å². The van der Waals surface area contributed by atoms with Crippen LogP contribution in [0.5, 0.6) is 5.75 Å². The summed E-state index contributed by atoms with van der Waals surface area (Å²) in [7, 11) is -2.26. The monoisotopic (exact) mass is 406 g/mol. The number of nitrogens with zero attached hydrogens (tertiary/aromatic N) is 2. The first-order chi connectivity index (χ1) is 13.4. The maximum Gasteiger partial charge on any atom is 0.264 e. The van der Waals surface area contributed by atoms with Crippen molar-refractivity contribution in [1.82, 2.24) is 0 Å². The predicted octanol–water partition coefficient (Wildman–Crippen LogP) is 3.70. The van der Waals surface area contributed by atoms with Crippen LogP contribution in [0.2, 0.25) is 0 Å². The van der Waals surface area contributed by atoms with E-state index in [0.717, 1.165) is 43.2 Å². The van der Waals surface area contributed by atoms with Gasteiger partial charge in [-0.2, -0.15) is 8.42 Å². The second-order valence-corrected chi connectivity index (χ2v) is 8.17. The molecule has 0 spiro atoms. The SMILES string of the molecule is CCN(CCCN(CCCS(=O)(=O)O)c1ccccc1)c1cccc(OC)c1. The van der Waals surface area contributed by atoms with Crippen LogP contribution in [0.3, 0.4) is 0 Å². The smallest absolute Gasteiger partial charge is 0.264 e. The standard InChI is InChI=1S/C21H30N2O4S/c1-3-22(20-12-7-13-21(18-20)27-2)14-8-15-23(16-9-17-28(24,25)26)19-10-5-4-6-11-19/h4-7,10-13,18H,3,8-9,14-17H2,1-2H3,(H,24,25,26). The van der Waals surface area contributed by atoms with E-state index in [2.05, 4.69) is 22.8 Å². The third-order valence-electron chi connectivity index (χ3n) is 4.61. The minimum atomic E-state index is -3.93. The Bertz CT molecular complexity index is 812. The van der Waals surface area contributed by atoms with Gasteiger partial charge < -0.3 is 14.5 Å². The first-order valence-electron chi connectivity index (χ1n) is 9.57. The van der Waals surface area contributed by atoms with E-state index in [-0.39, 0.29) is 5.75 Å². The van der Waals surface area contributed by atoms with Crippen LogP contribution < -0.4 is 14.5 Å². The molecule has 0 bridgehead atoms. The van der Waals surface area contributed by atoms with Gasteiger partial charge in [-0.05, 0) is 44.0 Å². The number of ether oxygens (including phenoxy) is 1. The number of rotatable bonds is 12. The fourth-order valence-corrected chi connectivity index (χ4v) is 3.67. The zero-order valence-corrected chi connectivity index (χ0v) is 17.4. The average Bonchev–Trinajstić information content (AvgIpc) is 2.69. The molecule has 0 fully saturated rings. The molecular formula is C21H30N2O4S. The normalized spacial score (nSPS) is 11.2. The largest absolute Gasteiger partial charge is 0.497 e. The number of anilines is 2. The van der Waals surface area contributed by atoms with Crippen molar-refractivity contribution in [1.29, 1.82) is 0 Å². The van der Waals surface area contributed by atoms with Crippen molar-refractivity contribution in [3.8, 4) is 5.75 Å². The van der Waals surface area contributed by atoms with Crippen LogP contribution in [0.1, 0.15) is 19.8 Å². The quantitative estimate of drug-likeness (QED) is 0.542. The van der Waals surface area contributed by atoms with Crippen LogP contribution in [0.15, 0.2) is 54.6 Å². The molecule has 0 aliphatic heterocycles. The predicted molar refractivity (Wildman–Crippen MR) is 115 cm³/mol. The Kier molecular flexibility index (Phi) is 8.60. The van der Waals surface area contributed by atoms with Crippen LogP contribution in [0.25, 0.3) is 0 Å². The molecule has 0 heterocycles. The third-order valence-corrected chi connectivity index (χ3v) is 5.41. The van der Waals surface area contributed by atoms with E-state index in [9.17, 15) is 8.42 Å². The van der Waals surface area contributed by atoms with Crippen molar-refractivity contribution < 1.29 is 17.7 Å². The fraction of sp³-hybridized carbons (Fsp3) is 0.429. The molecule has 6 nitrogen and oxygen atoms in total. The lowest BCUT2D eigenvalue weighted by Crippen LogP contribution is -2.31. The Morgan fingerprint density at radius 2 is 1.54 bits per heavy atom. The highest BCUT2D eigenvalue weighted by Gasteiger charge is 2.11. The van der Waals surface area contributed by atoms with Gasteiger partial charge in [0.25, 0.3) is 10.1 Å². The molecule has 0 amide bonds. The van der Waals surface area contributed by atoms with E-state index in [1.54, 1.807) is 7.11 Å². The van der Waals surface area contributed by atoms with Crippen molar-refractivity contribution in [3.63, 3.8) is 0 Å². The molecule has 154 valence electrons. The Morgan fingerprint density at radius 3 is 2.18 bits per heavy atom. The summed E-state index contributed by atoms with van der Waals surface area (Å²) in [5.74, 6) is 0.619. The summed E-state index contributed by atoms with van der Waals surface area (Å²) < 4.78 is 36.3. The lowest BCUT2D eigenvalue weighted by Gasteiger charge is -2.28. The maximum atomic E-state index is 11.0. The molecule has 0 radical (unpaired) electrons. The van der Waals surface area contributed by atoms with E-state index in [0.29, 0.717) is 13.0 Å². The van der Waals surface area contributed by atoms with Gasteiger partial charge in [0.05, 0.1) is 12.9 Å². The third kappa shape index (κ3) is 7.40. The van der Waals surface area contributed by atoms with Crippen molar-refractivity contribution in [2.45, 2.75) is 19.8 Å². The lowest BCUT2D eigenvalue weighted by molar-refractivity contribution is 0.415. The van der Waals surface area contributed by atoms with Crippen molar-refractivity contribution >= 4 is 21.5 Å². The second kappa shape index (κ2) is 10.9.